The minimum Gasteiger partial charge on any atom is -0.371 e. The summed E-state index contributed by atoms with van der Waals surface area (Å²) in [5.74, 6) is 1.11. The van der Waals surface area contributed by atoms with Crippen LogP contribution in [0.3, 0.4) is 0 Å². The maximum absolute atomic E-state index is 5.03. The molecule has 0 bridgehead atoms. The fourth-order valence-electron chi connectivity index (χ4n) is 3.94. The lowest BCUT2D eigenvalue weighted by atomic mass is 9.84. The molecule has 0 aromatic heterocycles. The number of nitrogens with one attached hydrogen (secondary N) is 3. The topological polar surface area (TPSA) is 48.5 Å². The number of aliphatic imine (C=N–C) groups is 1. The maximum Gasteiger partial charge on any atom is 0.128 e. The van der Waals surface area contributed by atoms with Gasteiger partial charge < -0.3 is 16.0 Å². The highest BCUT2D eigenvalue weighted by molar-refractivity contribution is 6.00. The van der Waals surface area contributed by atoms with Gasteiger partial charge in [-0.15, -0.1) is 0 Å². The van der Waals surface area contributed by atoms with Crippen LogP contribution in [0, 0.1) is 0 Å². The number of hydrogen-bond acceptors (Lipinski definition) is 4. The Balaban J connectivity index is 1.51. The van der Waals surface area contributed by atoms with E-state index in [1.807, 2.05) is 0 Å². The summed E-state index contributed by atoms with van der Waals surface area (Å²) in [4.78, 5) is 5.03. The molecule has 4 nitrogen and oxygen atoms in total. The Kier molecular flexibility index (Phi) is 4.93. The number of hydrogen-bond donors (Lipinski definition) is 3. The molecule has 4 rings (SSSR count). The molecule has 2 aliphatic rings. The molecule has 26 heavy (non-hydrogen) atoms. The summed E-state index contributed by atoms with van der Waals surface area (Å²) in [7, 11) is 0. The normalized spacial score (nSPS) is 19.2. The van der Waals surface area contributed by atoms with E-state index in [0.717, 1.165) is 56.0 Å². The maximum atomic E-state index is 5.03. The molecule has 2 aliphatic heterocycles. The van der Waals surface area contributed by atoms with E-state index < -0.39 is 0 Å². The molecule has 1 spiro atoms. The fourth-order valence-corrected chi connectivity index (χ4v) is 3.94. The number of benzene rings is 2. The van der Waals surface area contributed by atoms with Crippen molar-refractivity contribution in [1.82, 2.24) is 10.6 Å². The molecule has 1 atom stereocenters. The molecule has 2 aromatic rings. The van der Waals surface area contributed by atoms with Crippen LogP contribution in [0.1, 0.15) is 31.7 Å². The van der Waals surface area contributed by atoms with E-state index in [0.29, 0.717) is 6.04 Å². The summed E-state index contributed by atoms with van der Waals surface area (Å²) in [5.41, 5.74) is 3.51. The first-order valence-corrected chi connectivity index (χ1v) is 9.73. The Morgan fingerprint density at radius 2 is 1.77 bits per heavy atom. The van der Waals surface area contributed by atoms with Gasteiger partial charge in [0.2, 0.25) is 0 Å². The number of aryl methyl sites for hydroxylation is 1. The van der Waals surface area contributed by atoms with Gasteiger partial charge in [0, 0.05) is 6.04 Å². The van der Waals surface area contributed by atoms with Gasteiger partial charge in [0.15, 0.2) is 0 Å². The Morgan fingerprint density at radius 1 is 1.04 bits per heavy atom. The van der Waals surface area contributed by atoms with Gasteiger partial charge in [-0.25, -0.2) is 4.99 Å². The molecule has 1 unspecified atom stereocenters. The predicted molar refractivity (Wildman–Crippen MR) is 109 cm³/mol. The first-order valence-electron chi connectivity index (χ1n) is 9.73. The lowest BCUT2D eigenvalue weighted by Crippen LogP contribution is -2.60. The highest BCUT2D eigenvalue weighted by Crippen LogP contribution is 2.36. The smallest absolute Gasteiger partial charge is 0.128 e. The van der Waals surface area contributed by atoms with Crippen LogP contribution in [0.15, 0.2) is 59.6 Å². The van der Waals surface area contributed by atoms with E-state index >= 15 is 0 Å². The molecule has 136 valence electrons. The Labute approximate surface area is 156 Å². The number of fused-ring (bicyclic) bond motifs is 1. The van der Waals surface area contributed by atoms with Gasteiger partial charge in [-0.3, -0.25) is 0 Å². The van der Waals surface area contributed by atoms with Crippen LogP contribution in [0.4, 0.5) is 11.4 Å². The van der Waals surface area contributed by atoms with Crippen LogP contribution in [0.25, 0.3) is 0 Å². The third-order valence-corrected chi connectivity index (χ3v) is 5.51. The van der Waals surface area contributed by atoms with Gasteiger partial charge >= 0.3 is 0 Å². The van der Waals surface area contributed by atoms with Crippen LogP contribution in [-0.2, 0) is 6.42 Å². The zero-order valence-corrected chi connectivity index (χ0v) is 15.5. The van der Waals surface area contributed by atoms with E-state index in [9.17, 15) is 0 Å². The number of rotatable bonds is 4. The van der Waals surface area contributed by atoms with Gasteiger partial charge in [0.25, 0.3) is 0 Å². The highest BCUT2D eigenvalue weighted by Gasteiger charge is 2.40. The molecule has 1 fully saturated rings. The standard InChI is InChI=1S/C22H28N4/c1-17(11-12-18-7-3-2-4-8-18)24-21-22(13-15-23-16-14-22)26-20-10-6-5-9-19(20)25-21/h2-10,17,23,26H,11-16H2,1H3,(H,24,25). The van der Waals surface area contributed by atoms with Crippen molar-refractivity contribution in [2.24, 2.45) is 4.99 Å². The third-order valence-electron chi connectivity index (χ3n) is 5.51. The summed E-state index contributed by atoms with van der Waals surface area (Å²) in [6, 6.07) is 19.5. The van der Waals surface area contributed by atoms with Gasteiger partial charge in [0.1, 0.15) is 5.84 Å². The first kappa shape index (κ1) is 17.1. The summed E-state index contributed by atoms with van der Waals surface area (Å²) in [6.45, 7) is 4.31. The molecule has 1 saturated heterocycles. The van der Waals surface area contributed by atoms with Crippen LogP contribution in [0.5, 0.6) is 0 Å². The van der Waals surface area contributed by atoms with E-state index in [4.69, 9.17) is 4.99 Å². The molecular weight excluding hydrogens is 320 g/mol. The number of piperidine rings is 1. The molecule has 2 aromatic carbocycles. The zero-order chi connectivity index (χ0) is 17.8. The monoisotopic (exact) mass is 348 g/mol. The van der Waals surface area contributed by atoms with Gasteiger partial charge in [-0.2, -0.15) is 0 Å². The molecule has 0 aliphatic carbocycles. The van der Waals surface area contributed by atoms with E-state index in [1.165, 1.54) is 5.56 Å². The minimum absolute atomic E-state index is 0.0688. The Morgan fingerprint density at radius 3 is 2.58 bits per heavy atom. The van der Waals surface area contributed by atoms with Gasteiger partial charge in [-0.1, -0.05) is 42.5 Å². The zero-order valence-electron chi connectivity index (χ0n) is 15.5. The van der Waals surface area contributed by atoms with E-state index in [1.54, 1.807) is 0 Å². The summed E-state index contributed by atoms with van der Waals surface area (Å²) in [5, 5.41) is 11.0. The van der Waals surface area contributed by atoms with Crippen LogP contribution in [-0.4, -0.2) is 30.5 Å². The van der Waals surface area contributed by atoms with Gasteiger partial charge in [0.05, 0.1) is 16.9 Å². The van der Waals surface area contributed by atoms with Gasteiger partial charge in [-0.05, 0) is 63.4 Å². The van der Waals surface area contributed by atoms with Crippen molar-refractivity contribution in [2.45, 2.75) is 44.2 Å². The third kappa shape index (κ3) is 3.61. The van der Waals surface area contributed by atoms with Crippen molar-refractivity contribution < 1.29 is 0 Å². The van der Waals surface area contributed by atoms with Crippen molar-refractivity contribution >= 4 is 17.2 Å². The fraction of sp³-hybridized carbons (Fsp3) is 0.409. The van der Waals surface area contributed by atoms with Crippen molar-refractivity contribution in [3.05, 3.63) is 60.2 Å². The second kappa shape index (κ2) is 7.50. The molecule has 0 radical (unpaired) electrons. The van der Waals surface area contributed by atoms with Crippen molar-refractivity contribution in [2.75, 3.05) is 18.4 Å². The highest BCUT2D eigenvalue weighted by atomic mass is 15.2. The molecule has 0 amide bonds. The van der Waals surface area contributed by atoms with E-state index in [2.05, 4.69) is 77.5 Å². The number of para-hydroxylation sites is 2. The van der Waals surface area contributed by atoms with Crippen LogP contribution in [0.2, 0.25) is 0 Å². The summed E-state index contributed by atoms with van der Waals surface area (Å²) < 4.78 is 0. The van der Waals surface area contributed by atoms with Crippen molar-refractivity contribution in [1.29, 1.82) is 0 Å². The quantitative estimate of drug-likeness (QED) is 0.786. The number of amidine groups is 1. The largest absolute Gasteiger partial charge is 0.371 e. The Bertz CT molecular complexity index is 763. The van der Waals surface area contributed by atoms with Crippen LogP contribution >= 0.6 is 0 Å². The summed E-state index contributed by atoms with van der Waals surface area (Å²) >= 11 is 0. The second-order valence-corrected chi connectivity index (χ2v) is 7.50. The average molecular weight is 348 g/mol. The molecule has 0 saturated carbocycles. The second-order valence-electron chi connectivity index (χ2n) is 7.50. The lowest BCUT2D eigenvalue weighted by Gasteiger charge is -2.43. The lowest BCUT2D eigenvalue weighted by molar-refractivity contribution is 0.407. The number of anilines is 1. The summed E-state index contributed by atoms with van der Waals surface area (Å²) in [6.07, 6.45) is 4.29. The molecular formula is C22H28N4. The van der Waals surface area contributed by atoms with Crippen molar-refractivity contribution in [3.63, 3.8) is 0 Å². The molecule has 4 heteroatoms. The minimum atomic E-state index is -0.0688. The SMILES string of the molecule is CC(CCc1ccccc1)NC1=Nc2ccccc2NC12CCNCC2. The van der Waals surface area contributed by atoms with E-state index in [-0.39, 0.29) is 5.54 Å². The predicted octanol–water partition coefficient (Wildman–Crippen LogP) is 3.88. The average Bonchev–Trinajstić information content (AvgIpc) is 2.68. The molecule has 2 heterocycles. The molecule has 3 N–H and O–H groups in total. The Hall–Kier alpha value is -2.33. The van der Waals surface area contributed by atoms with Crippen LogP contribution < -0.4 is 16.0 Å². The first-order chi connectivity index (χ1) is 12.8. The van der Waals surface area contributed by atoms with Crippen molar-refractivity contribution in [3.8, 4) is 0 Å². The number of nitrogens with zero attached hydrogens (tertiary/aromatic N) is 1.